The summed E-state index contributed by atoms with van der Waals surface area (Å²) in [6.45, 7) is 2.26. The van der Waals surface area contributed by atoms with Gasteiger partial charge in [0.05, 0.1) is 0 Å². The fraction of sp³-hybridized carbons (Fsp3) is 0.429. The lowest BCUT2D eigenvalue weighted by molar-refractivity contribution is -0.135. The highest BCUT2D eigenvalue weighted by Crippen LogP contribution is 2.24. The lowest BCUT2D eigenvalue weighted by atomic mass is 10.2. The molecule has 20 heavy (non-hydrogen) atoms. The Morgan fingerprint density at radius 3 is 2.80 bits per heavy atom. The van der Waals surface area contributed by atoms with Gasteiger partial charge in [-0.15, -0.1) is 0 Å². The van der Waals surface area contributed by atoms with Gasteiger partial charge in [0, 0.05) is 23.3 Å². The maximum Gasteiger partial charge on any atom is 0.325 e. The molecule has 1 aromatic rings. The Balaban J connectivity index is 2.27. The quantitative estimate of drug-likeness (QED) is 0.933. The summed E-state index contributed by atoms with van der Waals surface area (Å²) >= 11 is 5.92. The molecule has 5 nitrogen and oxygen atoms in total. The van der Waals surface area contributed by atoms with Crippen molar-refractivity contribution in [3.63, 3.8) is 0 Å². The molecule has 1 aromatic carbocycles. The fourth-order valence-electron chi connectivity index (χ4n) is 2.42. The van der Waals surface area contributed by atoms with Crippen LogP contribution in [0, 0.1) is 0 Å². The number of nitrogens with zero attached hydrogens (tertiary/aromatic N) is 2. The van der Waals surface area contributed by atoms with Crippen LogP contribution in [-0.2, 0) is 4.79 Å². The molecule has 0 aliphatic carbocycles. The van der Waals surface area contributed by atoms with Crippen LogP contribution in [0.25, 0.3) is 0 Å². The maximum atomic E-state index is 12.5. The van der Waals surface area contributed by atoms with Crippen molar-refractivity contribution >= 4 is 29.3 Å². The molecule has 0 bridgehead atoms. The molecule has 1 atom stereocenters. The van der Waals surface area contributed by atoms with E-state index in [-0.39, 0.29) is 18.6 Å². The molecule has 108 valence electrons. The number of carbonyl (C=O) groups is 2. The third-order valence-corrected chi connectivity index (χ3v) is 3.68. The topological polar surface area (TPSA) is 60.9 Å². The van der Waals surface area contributed by atoms with Crippen LogP contribution >= 0.6 is 11.6 Å². The molecule has 1 aliphatic rings. The highest BCUT2D eigenvalue weighted by atomic mass is 35.5. The van der Waals surface area contributed by atoms with Gasteiger partial charge in [0.25, 0.3) is 0 Å². The number of carboxylic acids is 1. The summed E-state index contributed by atoms with van der Waals surface area (Å²) in [5.74, 6) is -1.05. The number of benzene rings is 1. The number of likely N-dealkylation sites (tertiary alicyclic amines) is 1. The molecule has 1 aliphatic heterocycles. The lowest BCUT2D eigenvalue weighted by Crippen LogP contribution is -2.46. The fourth-order valence-corrected chi connectivity index (χ4v) is 2.61. The minimum Gasteiger partial charge on any atom is -0.480 e. The second kappa shape index (κ2) is 6.13. The van der Waals surface area contributed by atoms with Gasteiger partial charge in [-0.3, -0.25) is 9.69 Å². The lowest BCUT2D eigenvalue weighted by Gasteiger charge is -2.29. The predicted octanol–water partition coefficient (Wildman–Crippen LogP) is 2.84. The molecule has 0 spiro atoms. The number of amides is 2. The SMILES string of the molecule is CC1CCCN1C(=O)N(CC(=O)O)c1cccc(Cl)c1. The summed E-state index contributed by atoms with van der Waals surface area (Å²) in [4.78, 5) is 26.5. The summed E-state index contributed by atoms with van der Waals surface area (Å²) in [7, 11) is 0. The molecular weight excluding hydrogens is 280 g/mol. The number of aliphatic carboxylic acids is 1. The maximum absolute atomic E-state index is 12.5. The third-order valence-electron chi connectivity index (χ3n) is 3.44. The van der Waals surface area contributed by atoms with Gasteiger partial charge in [0.2, 0.25) is 0 Å². The summed E-state index contributed by atoms with van der Waals surface area (Å²) < 4.78 is 0. The molecule has 2 rings (SSSR count). The Labute approximate surface area is 122 Å². The first-order valence-corrected chi connectivity index (χ1v) is 6.92. The number of carboxylic acid groups (broad SMARTS) is 1. The minimum atomic E-state index is -1.05. The van der Waals surface area contributed by atoms with Gasteiger partial charge in [-0.2, -0.15) is 0 Å². The number of carbonyl (C=O) groups excluding carboxylic acids is 1. The Kier molecular flexibility index (Phi) is 4.49. The van der Waals surface area contributed by atoms with Crippen LogP contribution in [0.1, 0.15) is 19.8 Å². The highest BCUT2D eigenvalue weighted by molar-refractivity contribution is 6.30. The van der Waals surface area contributed by atoms with E-state index in [9.17, 15) is 9.59 Å². The molecule has 0 saturated carbocycles. The van der Waals surface area contributed by atoms with Crippen molar-refractivity contribution in [3.05, 3.63) is 29.3 Å². The molecule has 1 unspecified atom stereocenters. The van der Waals surface area contributed by atoms with Crippen LogP contribution < -0.4 is 4.90 Å². The molecule has 2 amide bonds. The van der Waals surface area contributed by atoms with Gasteiger partial charge in [0.15, 0.2) is 0 Å². The first kappa shape index (κ1) is 14.7. The number of anilines is 1. The van der Waals surface area contributed by atoms with Crippen molar-refractivity contribution in [2.45, 2.75) is 25.8 Å². The molecule has 1 heterocycles. The van der Waals surface area contributed by atoms with Gasteiger partial charge < -0.3 is 10.0 Å². The number of hydrogen-bond donors (Lipinski definition) is 1. The zero-order valence-corrected chi connectivity index (χ0v) is 12.0. The van der Waals surface area contributed by atoms with E-state index >= 15 is 0 Å². The molecule has 0 radical (unpaired) electrons. The summed E-state index contributed by atoms with van der Waals surface area (Å²) in [5.41, 5.74) is 0.504. The third kappa shape index (κ3) is 3.22. The molecule has 6 heteroatoms. The van der Waals surface area contributed by atoms with Crippen molar-refractivity contribution in [1.29, 1.82) is 0 Å². The van der Waals surface area contributed by atoms with Gasteiger partial charge in [0.1, 0.15) is 6.54 Å². The average molecular weight is 297 g/mol. The molecular formula is C14H17ClN2O3. The Morgan fingerprint density at radius 2 is 2.25 bits per heavy atom. The number of hydrogen-bond acceptors (Lipinski definition) is 2. The van der Waals surface area contributed by atoms with Crippen LogP contribution in [-0.4, -0.2) is 41.1 Å². The second-order valence-corrected chi connectivity index (χ2v) is 5.36. The largest absolute Gasteiger partial charge is 0.480 e. The van der Waals surface area contributed by atoms with Crippen molar-refractivity contribution in [2.75, 3.05) is 18.0 Å². The monoisotopic (exact) mass is 296 g/mol. The zero-order valence-electron chi connectivity index (χ0n) is 11.3. The van der Waals surface area contributed by atoms with Crippen molar-refractivity contribution < 1.29 is 14.7 Å². The normalized spacial score (nSPS) is 18.1. The summed E-state index contributed by atoms with van der Waals surface area (Å²) in [6, 6.07) is 6.54. The zero-order chi connectivity index (χ0) is 14.7. The molecule has 1 saturated heterocycles. The number of urea groups is 1. The van der Waals surface area contributed by atoms with E-state index in [2.05, 4.69) is 0 Å². The van der Waals surface area contributed by atoms with Gasteiger partial charge >= 0.3 is 12.0 Å². The average Bonchev–Trinajstić information content (AvgIpc) is 2.81. The van der Waals surface area contributed by atoms with Gasteiger partial charge in [-0.1, -0.05) is 17.7 Å². The predicted molar refractivity (Wildman–Crippen MR) is 77.2 cm³/mol. The molecule has 1 N–H and O–H groups in total. The Bertz CT molecular complexity index is 521. The van der Waals surface area contributed by atoms with E-state index in [4.69, 9.17) is 16.7 Å². The van der Waals surface area contributed by atoms with E-state index in [1.807, 2.05) is 6.92 Å². The van der Waals surface area contributed by atoms with Crippen LogP contribution in [0.15, 0.2) is 24.3 Å². The number of halogens is 1. The van der Waals surface area contributed by atoms with E-state index < -0.39 is 5.97 Å². The minimum absolute atomic E-state index is 0.137. The summed E-state index contributed by atoms with van der Waals surface area (Å²) in [5, 5.41) is 9.50. The van der Waals surface area contributed by atoms with Gasteiger partial charge in [-0.05, 0) is 38.0 Å². The van der Waals surface area contributed by atoms with Crippen molar-refractivity contribution in [1.82, 2.24) is 4.90 Å². The first-order chi connectivity index (χ1) is 9.49. The van der Waals surface area contributed by atoms with Crippen molar-refractivity contribution in [3.8, 4) is 0 Å². The van der Waals surface area contributed by atoms with Crippen molar-refractivity contribution in [2.24, 2.45) is 0 Å². The first-order valence-electron chi connectivity index (χ1n) is 6.54. The molecule has 1 fully saturated rings. The Hall–Kier alpha value is -1.75. The van der Waals surface area contributed by atoms with E-state index in [0.29, 0.717) is 17.3 Å². The Morgan fingerprint density at radius 1 is 1.50 bits per heavy atom. The number of rotatable bonds is 3. The van der Waals surface area contributed by atoms with E-state index in [0.717, 1.165) is 12.8 Å². The summed E-state index contributed by atoms with van der Waals surface area (Å²) in [6.07, 6.45) is 1.89. The smallest absolute Gasteiger partial charge is 0.325 e. The standard InChI is InChI=1S/C14H17ClN2O3/c1-10-4-3-7-16(10)14(20)17(9-13(18)19)12-6-2-5-11(15)8-12/h2,5-6,8,10H,3-4,7,9H2,1H3,(H,18,19). The second-order valence-electron chi connectivity index (χ2n) is 4.93. The van der Waals surface area contributed by atoms with Crippen LogP contribution in [0.2, 0.25) is 5.02 Å². The van der Waals surface area contributed by atoms with Crippen LogP contribution in [0.5, 0.6) is 0 Å². The van der Waals surface area contributed by atoms with Crippen LogP contribution in [0.3, 0.4) is 0 Å². The molecule has 0 aromatic heterocycles. The van der Waals surface area contributed by atoms with E-state index in [1.54, 1.807) is 29.2 Å². The van der Waals surface area contributed by atoms with Gasteiger partial charge in [-0.25, -0.2) is 4.79 Å². The van der Waals surface area contributed by atoms with E-state index in [1.165, 1.54) is 4.90 Å². The highest BCUT2D eigenvalue weighted by Gasteiger charge is 2.30. The van der Waals surface area contributed by atoms with Crippen LogP contribution in [0.4, 0.5) is 10.5 Å².